The van der Waals surface area contributed by atoms with Gasteiger partial charge in [-0.15, -0.1) is 0 Å². The summed E-state index contributed by atoms with van der Waals surface area (Å²) < 4.78 is 22.6. The van der Waals surface area contributed by atoms with Gasteiger partial charge in [-0.1, -0.05) is 38.1 Å². The number of hydrogen-bond acceptors (Lipinski definition) is 2. The van der Waals surface area contributed by atoms with Crippen LogP contribution in [0, 0.1) is 5.92 Å². The Morgan fingerprint density at radius 3 is 2.29 bits per heavy atom. The Balaban J connectivity index is 2.72. The standard InChI is InChI=1S/C14H20O2S/c1-4-5-6-12(2)11-13-7-9-14(10-8-13)17(3,15)16/h5-10,12H,4,11H2,1-3H3/b6-5-. The van der Waals surface area contributed by atoms with E-state index in [0.717, 1.165) is 12.8 Å². The summed E-state index contributed by atoms with van der Waals surface area (Å²) in [6.45, 7) is 4.28. The van der Waals surface area contributed by atoms with Gasteiger partial charge in [0.25, 0.3) is 0 Å². The van der Waals surface area contributed by atoms with Crippen LogP contribution in [0.1, 0.15) is 25.8 Å². The minimum absolute atomic E-state index is 0.387. The Bertz CT molecular complexity index is 469. The Hall–Kier alpha value is -1.09. The molecule has 0 saturated heterocycles. The molecule has 1 atom stereocenters. The van der Waals surface area contributed by atoms with E-state index in [1.807, 2.05) is 12.1 Å². The molecule has 1 aromatic rings. The molecule has 0 aliphatic carbocycles. The monoisotopic (exact) mass is 252 g/mol. The lowest BCUT2D eigenvalue weighted by molar-refractivity contribution is 0.602. The molecular weight excluding hydrogens is 232 g/mol. The van der Waals surface area contributed by atoms with E-state index in [2.05, 4.69) is 26.0 Å². The quantitative estimate of drug-likeness (QED) is 0.754. The zero-order valence-corrected chi connectivity index (χ0v) is 11.5. The van der Waals surface area contributed by atoms with E-state index >= 15 is 0 Å². The topological polar surface area (TPSA) is 34.1 Å². The van der Waals surface area contributed by atoms with Gasteiger partial charge >= 0.3 is 0 Å². The van der Waals surface area contributed by atoms with Gasteiger partial charge in [0.05, 0.1) is 4.90 Å². The van der Waals surface area contributed by atoms with Crippen molar-refractivity contribution in [2.75, 3.05) is 6.26 Å². The molecule has 0 spiro atoms. The van der Waals surface area contributed by atoms with Crippen LogP contribution in [0.15, 0.2) is 41.3 Å². The summed E-state index contributed by atoms with van der Waals surface area (Å²) in [6, 6.07) is 7.15. The van der Waals surface area contributed by atoms with Gasteiger partial charge in [0.15, 0.2) is 9.84 Å². The first-order valence-corrected chi connectivity index (χ1v) is 7.78. The van der Waals surface area contributed by atoms with Gasteiger partial charge in [-0.05, 0) is 36.5 Å². The highest BCUT2D eigenvalue weighted by Crippen LogP contribution is 2.14. The van der Waals surface area contributed by atoms with E-state index in [-0.39, 0.29) is 0 Å². The fourth-order valence-electron chi connectivity index (χ4n) is 1.68. The van der Waals surface area contributed by atoms with Gasteiger partial charge in [0, 0.05) is 6.26 Å². The molecule has 94 valence electrons. The summed E-state index contributed by atoms with van der Waals surface area (Å²) in [5, 5.41) is 0. The highest BCUT2D eigenvalue weighted by molar-refractivity contribution is 7.90. The highest BCUT2D eigenvalue weighted by atomic mass is 32.2. The van der Waals surface area contributed by atoms with Crippen LogP contribution in [0.5, 0.6) is 0 Å². The molecule has 0 heterocycles. The van der Waals surface area contributed by atoms with Crippen LogP contribution in [-0.4, -0.2) is 14.7 Å². The fourth-order valence-corrected chi connectivity index (χ4v) is 2.31. The van der Waals surface area contributed by atoms with E-state index in [1.54, 1.807) is 12.1 Å². The summed E-state index contributed by atoms with van der Waals surface area (Å²) in [7, 11) is -3.08. The minimum atomic E-state index is -3.08. The molecule has 1 aromatic carbocycles. The number of rotatable bonds is 5. The first-order chi connectivity index (χ1) is 7.93. The van der Waals surface area contributed by atoms with E-state index in [4.69, 9.17) is 0 Å². The fraction of sp³-hybridized carbons (Fsp3) is 0.429. The molecule has 17 heavy (non-hydrogen) atoms. The zero-order valence-electron chi connectivity index (χ0n) is 10.7. The molecule has 0 amide bonds. The maximum Gasteiger partial charge on any atom is 0.175 e. The third kappa shape index (κ3) is 4.73. The molecular formula is C14H20O2S. The average Bonchev–Trinajstić information content (AvgIpc) is 2.26. The molecule has 0 fully saturated rings. The Morgan fingerprint density at radius 1 is 1.24 bits per heavy atom. The van der Waals surface area contributed by atoms with Crippen molar-refractivity contribution >= 4 is 9.84 Å². The Morgan fingerprint density at radius 2 is 1.82 bits per heavy atom. The molecule has 0 N–H and O–H groups in total. The van der Waals surface area contributed by atoms with Crippen LogP contribution in [0.3, 0.4) is 0 Å². The van der Waals surface area contributed by atoms with Crippen LogP contribution in [0.4, 0.5) is 0 Å². The Kier molecular flexibility index (Phi) is 4.94. The first kappa shape index (κ1) is 14.0. The van der Waals surface area contributed by atoms with Gasteiger partial charge in [0.1, 0.15) is 0 Å². The molecule has 0 radical (unpaired) electrons. The van der Waals surface area contributed by atoms with E-state index in [1.165, 1.54) is 11.8 Å². The lowest BCUT2D eigenvalue weighted by Crippen LogP contribution is -1.99. The third-order valence-electron chi connectivity index (χ3n) is 2.61. The van der Waals surface area contributed by atoms with Crippen molar-refractivity contribution in [3.05, 3.63) is 42.0 Å². The van der Waals surface area contributed by atoms with Crippen LogP contribution in [-0.2, 0) is 16.3 Å². The summed E-state index contributed by atoms with van der Waals surface area (Å²) in [5.41, 5.74) is 1.17. The molecule has 0 aliphatic heterocycles. The molecule has 0 aromatic heterocycles. The molecule has 0 saturated carbocycles. The summed E-state index contributed by atoms with van der Waals surface area (Å²) >= 11 is 0. The van der Waals surface area contributed by atoms with Gasteiger partial charge in [-0.3, -0.25) is 0 Å². The Labute approximate surface area is 104 Å². The predicted octanol–water partition coefficient (Wildman–Crippen LogP) is 3.23. The molecule has 2 nitrogen and oxygen atoms in total. The second-order valence-corrected chi connectivity index (χ2v) is 6.45. The molecule has 1 rings (SSSR count). The van der Waals surface area contributed by atoms with Crippen molar-refractivity contribution in [2.45, 2.75) is 31.6 Å². The normalized spacial score (nSPS) is 14.1. The maximum atomic E-state index is 11.3. The number of benzene rings is 1. The molecule has 0 aliphatic rings. The summed E-state index contributed by atoms with van der Waals surface area (Å²) in [4.78, 5) is 0.387. The van der Waals surface area contributed by atoms with Gasteiger partial charge < -0.3 is 0 Å². The summed E-state index contributed by atoms with van der Waals surface area (Å²) in [6.07, 6.45) is 7.59. The number of sulfone groups is 1. The smallest absolute Gasteiger partial charge is 0.175 e. The van der Waals surface area contributed by atoms with Crippen LogP contribution >= 0.6 is 0 Å². The van der Waals surface area contributed by atoms with E-state index < -0.39 is 9.84 Å². The number of hydrogen-bond donors (Lipinski definition) is 0. The van der Waals surface area contributed by atoms with Crippen molar-refractivity contribution in [1.29, 1.82) is 0 Å². The average molecular weight is 252 g/mol. The van der Waals surface area contributed by atoms with E-state index in [9.17, 15) is 8.42 Å². The van der Waals surface area contributed by atoms with Gasteiger partial charge in [-0.2, -0.15) is 0 Å². The van der Waals surface area contributed by atoms with Gasteiger partial charge in [-0.25, -0.2) is 8.42 Å². The third-order valence-corrected chi connectivity index (χ3v) is 3.74. The number of allylic oxidation sites excluding steroid dienone is 2. The van der Waals surface area contributed by atoms with Crippen molar-refractivity contribution in [2.24, 2.45) is 5.92 Å². The minimum Gasteiger partial charge on any atom is -0.224 e. The SMILES string of the molecule is CC/C=C\C(C)Cc1ccc(S(C)(=O)=O)cc1. The van der Waals surface area contributed by atoms with Crippen molar-refractivity contribution < 1.29 is 8.42 Å². The largest absolute Gasteiger partial charge is 0.224 e. The lowest BCUT2D eigenvalue weighted by Gasteiger charge is -2.07. The second-order valence-electron chi connectivity index (χ2n) is 4.43. The molecule has 1 unspecified atom stereocenters. The van der Waals surface area contributed by atoms with Gasteiger partial charge in [0.2, 0.25) is 0 Å². The molecule has 3 heteroatoms. The summed E-state index contributed by atoms with van der Waals surface area (Å²) in [5.74, 6) is 0.485. The van der Waals surface area contributed by atoms with Crippen LogP contribution < -0.4 is 0 Å². The lowest BCUT2D eigenvalue weighted by atomic mass is 10.0. The first-order valence-electron chi connectivity index (χ1n) is 5.89. The van der Waals surface area contributed by atoms with Crippen LogP contribution in [0.25, 0.3) is 0 Å². The zero-order chi connectivity index (χ0) is 12.9. The van der Waals surface area contributed by atoms with Crippen molar-refractivity contribution in [1.82, 2.24) is 0 Å². The van der Waals surface area contributed by atoms with E-state index in [0.29, 0.717) is 10.8 Å². The molecule has 0 bridgehead atoms. The predicted molar refractivity (Wildman–Crippen MR) is 71.9 cm³/mol. The van der Waals surface area contributed by atoms with Crippen molar-refractivity contribution in [3.63, 3.8) is 0 Å². The van der Waals surface area contributed by atoms with Crippen molar-refractivity contribution in [3.8, 4) is 0 Å². The van der Waals surface area contributed by atoms with Crippen LogP contribution in [0.2, 0.25) is 0 Å². The maximum absolute atomic E-state index is 11.3. The highest BCUT2D eigenvalue weighted by Gasteiger charge is 2.06. The second kappa shape index (κ2) is 6.01.